The van der Waals surface area contributed by atoms with Gasteiger partial charge in [-0.25, -0.2) is 4.79 Å². The molecule has 0 saturated heterocycles. The molecule has 0 bridgehead atoms. The first-order chi connectivity index (χ1) is 13.1. The highest BCUT2D eigenvalue weighted by Gasteiger charge is 2.34. The number of hydrogen-bond donors (Lipinski definition) is 1. The van der Waals surface area contributed by atoms with Crippen LogP contribution in [0, 0.1) is 11.8 Å². The Balaban J connectivity index is 1.57. The Morgan fingerprint density at radius 1 is 1.30 bits per heavy atom. The molecule has 1 saturated carbocycles. The number of amides is 2. The Morgan fingerprint density at radius 3 is 2.96 bits per heavy atom. The molecule has 144 valence electrons. The van der Waals surface area contributed by atoms with Gasteiger partial charge in [-0.3, -0.25) is 5.32 Å². The zero-order valence-corrected chi connectivity index (χ0v) is 16.4. The third-order valence-corrected chi connectivity index (χ3v) is 6.30. The first kappa shape index (κ1) is 18.0. The van der Waals surface area contributed by atoms with Gasteiger partial charge in [0.05, 0.1) is 0 Å². The minimum absolute atomic E-state index is 0.129. The van der Waals surface area contributed by atoms with Crippen LogP contribution < -0.4 is 14.8 Å². The van der Waals surface area contributed by atoms with Crippen LogP contribution >= 0.6 is 11.3 Å². The number of aromatic nitrogens is 2. The van der Waals surface area contributed by atoms with Crippen LogP contribution in [0.5, 0.6) is 11.5 Å². The monoisotopic (exact) mass is 388 g/mol. The number of carbonyl (C=O) groups excluding carboxylic acids is 1. The molecule has 8 heteroatoms. The number of carbonyl (C=O) groups is 1. The lowest BCUT2D eigenvalue weighted by atomic mass is 9.77. The van der Waals surface area contributed by atoms with Crippen molar-refractivity contribution in [1.29, 1.82) is 0 Å². The van der Waals surface area contributed by atoms with E-state index in [1.807, 2.05) is 23.1 Å². The van der Waals surface area contributed by atoms with Gasteiger partial charge in [0.15, 0.2) is 11.5 Å². The van der Waals surface area contributed by atoms with Gasteiger partial charge < -0.3 is 14.4 Å². The smallest absolute Gasteiger partial charge is 0.324 e. The van der Waals surface area contributed by atoms with Crippen LogP contribution in [0.2, 0.25) is 0 Å². The number of benzene rings is 1. The van der Waals surface area contributed by atoms with E-state index in [4.69, 9.17) is 9.47 Å². The van der Waals surface area contributed by atoms with Crippen molar-refractivity contribution in [2.45, 2.75) is 45.7 Å². The summed E-state index contributed by atoms with van der Waals surface area (Å²) in [6.07, 6.45) is 3.37. The summed E-state index contributed by atoms with van der Waals surface area (Å²) in [5, 5.41) is 11.2. The number of nitrogens with one attached hydrogen (secondary N) is 1. The maximum atomic E-state index is 13.1. The Bertz CT molecular complexity index is 798. The SMILES string of the molecule is C[C@H]1[C@H](C)CCC[C@H]1N(Cc1ccc2c(c1)OCO2)C(=O)Nc1nncs1. The number of hydrogen-bond acceptors (Lipinski definition) is 6. The van der Waals surface area contributed by atoms with Crippen LogP contribution in [0.1, 0.15) is 38.7 Å². The number of ether oxygens (including phenoxy) is 2. The molecule has 2 heterocycles. The highest BCUT2D eigenvalue weighted by molar-refractivity contribution is 7.13. The van der Waals surface area contributed by atoms with E-state index >= 15 is 0 Å². The molecule has 0 spiro atoms. The third kappa shape index (κ3) is 3.85. The molecule has 7 nitrogen and oxygen atoms in total. The summed E-state index contributed by atoms with van der Waals surface area (Å²) in [5.74, 6) is 2.52. The van der Waals surface area contributed by atoms with E-state index in [-0.39, 0.29) is 18.9 Å². The third-order valence-electron chi connectivity index (χ3n) is 5.69. The van der Waals surface area contributed by atoms with Crippen LogP contribution in [0.15, 0.2) is 23.7 Å². The molecule has 1 aliphatic heterocycles. The van der Waals surface area contributed by atoms with Gasteiger partial charge in [0, 0.05) is 12.6 Å². The Kier molecular flexibility index (Phi) is 5.15. The standard InChI is InChI=1S/C19H24N4O3S/c1-12-4-3-5-15(13(12)2)23(19(24)21-18-22-20-10-27-18)9-14-6-7-16-17(8-14)26-11-25-16/h6-8,10,12-13,15H,3-5,9,11H2,1-2H3,(H,21,22,24)/t12-,13+,15-/m1/s1. The molecular formula is C19H24N4O3S. The van der Waals surface area contributed by atoms with Crippen molar-refractivity contribution in [2.24, 2.45) is 11.8 Å². The normalized spacial score (nSPS) is 23.9. The van der Waals surface area contributed by atoms with E-state index in [9.17, 15) is 4.79 Å². The lowest BCUT2D eigenvalue weighted by molar-refractivity contribution is 0.102. The number of nitrogens with zero attached hydrogens (tertiary/aromatic N) is 3. The average molecular weight is 388 g/mol. The minimum Gasteiger partial charge on any atom is -0.454 e. The van der Waals surface area contributed by atoms with Gasteiger partial charge in [0.2, 0.25) is 11.9 Å². The summed E-state index contributed by atoms with van der Waals surface area (Å²) in [7, 11) is 0. The summed E-state index contributed by atoms with van der Waals surface area (Å²) in [4.78, 5) is 15.0. The first-order valence-corrected chi connectivity index (χ1v) is 10.2. The first-order valence-electron chi connectivity index (χ1n) is 9.34. The van der Waals surface area contributed by atoms with E-state index in [0.717, 1.165) is 29.9 Å². The topological polar surface area (TPSA) is 76.6 Å². The molecule has 1 aromatic heterocycles. The molecule has 2 amide bonds. The second-order valence-electron chi connectivity index (χ2n) is 7.32. The predicted octanol–water partition coefficient (Wildman–Crippen LogP) is 4.13. The molecule has 2 aliphatic rings. The molecule has 0 unspecified atom stereocenters. The van der Waals surface area contributed by atoms with Crippen LogP contribution in [0.25, 0.3) is 0 Å². The van der Waals surface area contributed by atoms with Crippen molar-refractivity contribution in [1.82, 2.24) is 15.1 Å². The summed E-state index contributed by atoms with van der Waals surface area (Å²) in [5.41, 5.74) is 2.64. The molecule has 1 aliphatic carbocycles. The molecule has 2 aromatic rings. The molecule has 0 radical (unpaired) electrons. The van der Waals surface area contributed by atoms with Gasteiger partial charge in [0.1, 0.15) is 5.51 Å². The molecule has 1 aromatic carbocycles. The fourth-order valence-corrected chi connectivity index (χ4v) is 4.39. The number of rotatable bonds is 4. The quantitative estimate of drug-likeness (QED) is 0.852. The molecule has 1 N–H and O–H groups in total. The number of fused-ring (bicyclic) bond motifs is 1. The van der Waals surface area contributed by atoms with Crippen LogP contribution in [-0.2, 0) is 6.54 Å². The number of anilines is 1. The van der Waals surface area contributed by atoms with Gasteiger partial charge in [-0.05, 0) is 36.0 Å². The van der Waals surface area contributed by atoms with Gasteiger partial charge in [-0.2, -0.15) is 0 Å². The van der Waals surface area contributed by atoms with Crippen molar-refractivity contribution in [3.63, 3.8) is 0 Å². The summed E-state index contributed by atoms with van der Waals surface area (Å²) in [6, 6.07) is 5.92. The summed E-state index contributed by atoms with van der Waals surface area (Å²) >= 11 is 1.32. The van der Waals surface area contributed by atoms with Crippen molar-refractivity contribution in [2.75, 3.05) is 12.1 Å². The van der Waals surface area contributed by atoms with E-state index in [1.54, 1.807) is 5.51 Å². The lowest BCUT2D eigenvalue weighted by Crippen LogP contribution is -2.48. The number of urea groups is 1. The van der Waals surface area contributed by atoms with Crippen molar-refractivity contribution < 1.29 is 14.3 Å². The van der Waals surface area contributed by atoms with Crippen LogP contribution in [0.4, 0.5) is 9.93 Å². The van der Waals surface area contributed by atoms with Gasteiger partial charge >= 0.3 is 6.03 Å². The van der Waals surface area contributed by atoms with Crippen molar-refractivity contribution in [3.05, 3.63) is 29.3 Å². The van der Waals surface area contributed by atoms with Crippen molar-refractivity contribution >= 4 is 22.5 Å². The highest BCUT2D eigenvalue weighted by Crippen LogP contribution is 2.36. The van der Waals surface area contributed by atoms with E-state index in [2.05, 4.69) is 29.4 Å². The Morgan fingerprint density at radius 2 is 2.15 bits per heavy atom. The van der Waals surface area contributed by atoms with Gasteiger partial charge in [-0.1, -0.05) is 44.1 Å². The summed E-state index contributed by atoms with van der Waals surface area (Å²) < 4.78 is 10.9. The van der Waals surface area contributed by atoms with E-state index in [1.165, 1.54) is 17.8 Å². The Hall–Kier alpha value is -2.35. The molecule has 1 fully saturated rings. The molecule has 3 atom stereocenters. The summed E-state index contributed by atoms with van der Waals surface area (Å²) in [6.45, 7) is 5.29. The van der Waals surface area contributed by atoms with Gasteiger partial charge in [-0.15, -0.1) is 10.2 Å². The molecule has 4 rings (SSSR count). The zero-order chi connectivity index (χ0) is 18.8. The minimum atomic E-state index is -0.129. The Labute approximate surface area is 162 Å². The lowest BCUT2D eigenvalue weighted by Gasteiger charge is -2.41. The van der Waals surface area contributed by atoms with Crippen LogP contribution in [-0.4, -0.2) is 34.0 Å². The largest absolute Gasteiger partial charge is 0.454 e. The van der Waals surface area contributed by atoms with E-state index in [0.29, 0.717) is 23.5 Å². The van der Waals surface area contributed by atoms with E-state index < -0.39 is 0 Å². The second-order valence-corrected chi connectivity index (χ2v) is 8.16. The highest BCUT2D eigenvalue weighted by atomic mass is 32.1. The van der Waals surface area contributed by atoms with Crippen molar-refractivity contribution in [3.8, 4) is 11.5 Å². The predicted molar refractivity (Wildman–Crippen MR) is 103 cm³/mol. The maximum absolute atomic E-state index is 13.1. The average Bonchev–Trinajstić information content (AvgIpc) is 3.33. The second kappa shape index (κ2) is 7.72. The molecule has 27 heavy (non-hydrogen) atoms. The maximum Gasteiger partial charge on any atom is 0.324 e. The fraction of sp³-hybridized carbons (Fsp3) is 0.526. The molecular weight excluding hydrogens is 364 g/mol. The van der Waals surface area contributed by atoms with Gasteiger partial charge in [0.25, 0.3) is 0 Å². The zero-order valence-electron chi connectivity index (χ0n) is 15.6. The fourth-order valence-electron chi connectivity index (χ4n) is 3.96. The van der Waals surface area contributed by atoms with Crippen LogP contribution in [0.3, 0.4) is 0 Å².